The van der Waals surface area contributed by atoms with Gasteiger partial charge in [-0.25, -0.2) is 9.59 Å². The lowest BCUT2D eigenvalue weighted by molar-refractivity contribution is 0.232. The second-order valence-electron chi connectivity index (χ2n) is 2.95. The molecule has 6 nitrogen and oxygen atoms in total. The van der Waals surface area contributed by atoms with Gasteiger partial charge in [0.25, 0.3) is 0 Å². The van der Waals surface area contributed by atoms with Gasteiger partial charge in [0.1, 0.15) is 0 Å². The molecule has 2 aliphatic heterocycles. The van der Waals surface area contributed by atoms with Crippen molar-refractivity contribution in [3.05, 3.63) is 0 Å². The van der Waals surface area contributed by atoms with E-state index >= 15 is 0 Å². The Kier molecular flexibility index (Phi) is 2.65. The number of nitrogens with one attached hydrogen (secondary N) is 2. The molecule has 0 aromatic carbocycles. The number of nitrogens with zero attached hydrogens (tertiary/aromatic N) is 2. The number of rotatable bonds is 2. The van der Waals surface area contributed by atoms with E-state index in [1.807, 2.05) is 0 Å². The van der Waals surface area contributed by atoms with Gasteiger partial charge in [-0.3, -0.25) is 9.34 Å². The summed E-state index contributed by atoms with van der Waals surface area (Å²) in [5.74, 6) is 0. The van der Waals surface area contributed by atoms with Gasteiger partial charge >= 0.3 is 12.1 Å². The number of halogens is 1. The zero-order valence-corrected chi connectivity index (χ0v) is 9.01. The third-order valence-corrected chi connectivity index (χ3v) is 4.72. The Hall–Kier alpha value is -0.740. The monoisotopic (exact) mass is 236 g/mol. The Labute approximate surface area is 87.2 Å². The highest BCUT2D eigenvalue weighted by atomic mass is 35.7. The summed E-state index contributed by atoms with van der Waals surface area (Å²) in [5.41, 5.74) is 0. The predicted molar refractivity (Wildman–Crippen MR) is 53.0 cm³/mol. The molecule has 0 radical (unpaired) electrons. The van der Waals surface area contributed by atoms with Gasteiger partial charge in [-0.1, -0.05) is 0 Å². The van der Waals surface area contributed by atoms with Crippen LogP contribution in [0.15, 0.2) is 0 Å². The molecule has 8 heteroatoms. The van der Waals surface area contributed by atoms with Crippen molar-refractivity contribution in [2.24, 2.45) is 0 Å². The van der Waals surface area contributed by atoms with E-state index in [9.17, 15) is 9.59 Å². The van der Waals surface area contributed by atoms with Crippen molar-refractivity contribution < 1.29 is 9.59 Å². The van der Waals surface area contributed by atoms with Crippen LogP contribution >= 0.6 is 18.8 Å². The molecule has 0 aromatic rings. The van der Waals surface area contributed by atoms with Crippen molar-refractivity contribution in [1.82, 2.24) is 20.0 Å². The molecule has 0 spiro atoms. The molecule has 0 aromatic heterocycles. The first-order valence-electron chi connectivity index (χ1n) is 4.26. The summed E-state index contributed by atoms with van der Waals surface area (Å²) in [5, 5.41) is 5.30. The number of urea groups is 2. The number of hydrogen-bond acceptors (Lipinski definition) is 2. The lowest BCUT2D eigenvalue weighted by atomic mass is 10.7. The molecule has 2 saturated heterocycles. The van der Waals surface area contributed by atoms with Gasteiger partial charge < -0.3 is 10.6 Å². The first-order chi connectivity index (χ1) is 6.70. The van der Waals surface area contributed by atoms with Crippen LogP contribution in [0, 0.1) is 0 Å². The van der Waals surface area contributed by atoms with E-state index in [1.54, 1.807) is 0 Å². The van der Waals surface area contributed by atoms with Crippen LogP contribution in [0.4, 0.5) is 9.59 Å². The average molecular weight is 237 g/mol. The van der Waals surface area contributed by atoms with E-state index < -0.39 is 7.58 Å². The van der Waals surface area contributed by atoms with Gasteiger partial charge in [0.15, 0.2) is 0 Å². The van der Waals surface area contributed by atoms with E-state index in [2.05, 4.69) is 10.6 Å². The Morgan fingerprint density at radius 2 is 1.50 bits per heavy atom. The van der Waals surface area contributed by atoms with Gasteiger partial charge in [0.05, 0.1) is 0 Å². The smallest absolute Gasteiger partial charge is 0.322 e. The van der Waals surface area contributed by atoms with Gasteiger partial charge in [0.2, 0.25) is 7.58 Å². The van der Waals surface area contributed by atoms with E-state index in [1.165, 1.54) is 9.34 Å². The summed E-state index contributed by atoms with van der Waals surface area (Å²) in [4.78, 5) is 22.5. The molecule has 78 valence electrons. The first kappa shape index (κ1) is 9.80. The van der Waals surface area contributed by atoms with Crippen molar-refractivity contribution >= 4 is 30.9 Å². The number of carbonyl (C=O) groups is 2. The number of hydrogen-bond donors (Lipinski definition) is 2. The van der Waals surface area contributed by atoms with Crippen molar-refractivity contribution in [2.75, 3.05) is 26.2 Å². The fraction of sp³-hybridized carbons (Fsp3) is 0.667. The van der Waals surface area contributed by atoms with Crippen LogP contribution in [0.3, 0.4) is 0 Å². The molecule has 0 aliphatic carbocycles. The number of carbonyl (C=O) groups excluding carboxylic acids is 2. The summed E-state index contributed by atoms with van der Waals surface area (Å²) in [6, 6.07) is -0.378. The lowest BCUT2D eigenvalue weighted by Crippen LogP contribution is -2.31. The van der Waals surface area contributed by atoms with Gasteiger partial charge in [-0.15, -0.1) is 0 Å². The molecule has 0 saturated carbocycles. The quantitative estimate of drug-likeness (QED) is 0.686. The third-order valence-electron chi connectivity index (χ3n) is 2.07. The molecule has 4 amide bonds. The Morgan fingerprint density at radius 1 is 1.07 bits per heavy atom. The maximum absolute atomic E-state index is 11.3. The molecule has 2 N–H and O–H groups in total. The summed E-state index contributed by atoms with van der Waals surface area (Å²) in [7, 11) is -1.35. The molecule has 14 heavy (non-hydrogen) atoms. The van der Waals surface area contributed by atoms with Gasteiger partial charge in [0, 0.05) is 26.2 Å². The highest BCUT2D eigenvalue weighted by Crippen LogP contribution is 2.50. The number of amides is 4. The fourth-order valence-corrected chi connectivity index (χ4v) is 3.47. The molecule has 0 bridgehead atoms. The highest BCUT2D eigenvalue weighted by molar-refractivity contribution is 7.81. The van der Waals surface area contributed by atoms with Crippen LogP contribution in [-0.4, -0.2) is 47.6 Å². The minimum absolute atomic E-state index is 0.189. The van der Waals surface area contributed by atoms with Crippen LogP contribution in [0.25, 0.3) is 0 Å². The van der Waals surface area contributed by atoms with Crippen LogP contribution in [-0.2, 0) is 0 Å². The Morgan fingerprint density at radius 3 is 1.79 bits per heavy atom. The largest absolute Gasteiger partial charge is 0.336 e. The molecule has 2 aliphatic rings. The van der Waals surface area contributed by atoms with Crippen molar-refractivity contribution in [2.45, 2.75) is 0 Å². The normalized spacial score (nSPS) is 21.9. The third kappa shape index (κ3) is 1.60. The second-order valence-corrected chi connectivity index (χ2v) is 5.30. The van der Waals surface area contributed by atoms with Gasteiger partial charge in [-0.05, 0) is 11.2 Å². The zero-order valence-electron chi connectivity index (χ0n) is 7.36. The Bertz CT molecular complexity index is 251. The average Bonchev–Trinajstić information content (AvgIpc) is 2.73. The van der Waals surface area contributed by atoms with E-state index in [0.717, 1.165) is 0 Å². The minimum atomic E-state index is -1.35. The maximum Gasteiger partial charge on any atom is 0.322 e. The van der Waals surface area contributed by atoms with Gasteiger partial charge in [-0.2, -0.15) is 0 Å². The molecular weight excluding hydrogens is 227 g/mol. The predicted octanol–water partition coefficient (Wildman–Crippen LogP) is 0.502. The molecule has 0 unspecified atom stereocenters. The highest BCUT2D eigenvalue weighted by Gasteiger charge is 2.36. The van der Waals surface area contributed by atoms with Crippen molar-refractivity contribution in [1.29, 1.82) is 0 Å². The van der Waals surface area contributed by atoms with E-state index in [4.69, 9.17) is 11.2 Å². The summed E-state index contributed by atoms with van der Waals surface area (Å²) < 4.78 is 3.00. The van der Waals surface area contributed by atoms with E-state index in [0.29, 0.717) is 26.2 Å². The first-order valence-corrected chi connectivity index (χ1v) is 6.42. The summed E-state index contributed by atoms with van der Waals surface area (Å²) in [6.07, 6.45) is 0. The SMILES string of the molecule is O=C1NCCN1P(Cl)N1CCNC1=O. The van der Waals surface area contributed by atoms with Crippen LogP contribution in [0.5, 0.6) is 0 Å². The minimum Gasteiger partial charge on any atom is -0.336 e. The van der Waals surface area contributed by atoms with Crippen molar-refractivity contribution in [3.63, 3.8) is 0 Å². The molecule has 0 atom stereocenters. The molecule has 2 heterocycles. The standard InChI is InChI=1S/C6H10ClN4O2P/c7-14(10-3-1-8-5(10)12)11-4-2-9-6(11)13/h1-4H2,(H,8,12)(H,9,13). The molecular formula is C6H10ClN4O2P. The Balaban J connectivity index is 2.03. The topological polar surface area (TPSA) is 64.7 Å². The van der Waals surface area contributed by atoms with Crippen molar-refractivity contribution in [3.8, 4) is 0 Å². The molecule has 2 rings (SSSR count). The van der Waals surface area contributed by atoms with Crippen LogP contribution in [0.2, 0.25) is 0 Å². The molecule has 2 fully saturated rings. The van der Waals surface area contributed by atoms with Crippen LogP contribution < -0.4 is 10.6 Å². The fourth-order valence-electron chi connectivity index (χ4n) is 1.37. The summed E-state index contributed by atoms with van der Waals surface area (Å²) >= 11 is 6.08. The maximum atomic E-state index is 11.3. The second kappa shape index (κ2) is 3.79. The zero-order chi connectivity index (χ0) is 10.1. The lowest BCUT2D eigenvalue weighted by Gasteiger charge is -2.26. The van der Waals surface area contributed by atoms with Crippen LogP contribution in [0.1, 0.15) is 0 Å². The summed E-state index contributed by atoms with van der Waals surface area (Å²) in [6.45, 7) is 2.33. The van der Waals surface area contributed by atoms with E-state index in [-0.39, 0.29) is 12.1 Å².